The standard InChI is InChI=1S/C28H37NO4S/c1-2-3-4-5-6-7-8-9-10-11-12-13-14-15-16-17-18-19-20-21-28(31)29-34(32,33)27-24-22-26(30)23-25-27/h3-4,6-7,9-10,12-13,15-16,18-19,22-25,30H,2,5,8,11,14,17,20-21H2,1H3,(H,29,31)/b4-3-,7-6-,10-9-,13-12-,16-15-,19-18-. The molecular formula is C28H37NO4S. The van der Waals surface area contributed by atoms with Crippen LogP contribution in [0.4, 0.5) is 0 Å². The van der Waals surface area contributed by atoms with Crippen LogP contribution in [0.5, 0.6) is 5.75 Å². The second kappa shape index (κ2) is 18.3. The highest BCUT2D eigenvalue weighted by Crippen LogP contribution is 2.14. The van der Waals surface area contributed by atoms with E-state index in [9.17, 15) is 18.3 Å². The van der Waals surface area contributed by atoms with Gasteiger partial charge >= 0.3 is 0 Å². The lowest BCUT2D eigenvalue weighted by Gasteiger charge is -2.06. The van der Waals surface area contributed by atoms with Crippen molar-refractivity contribution in [2.75, 3.05) is 0 Å². The highest BCUT2D eigenvalue weighted by Gasteiger charge is 2.16. The molecule has 1 aromatic rings. The van der Waals surface area contributed by atoms with Gasteiger partial charge in [0.25, 0.3) is 10.0 Å². The van der Waals surface area contributed by atoms with Crippen LogP contribution in [-0.4, -0.2) is 19.4 Å². The smallest absolute Gasteiger partial charge is 0.264 e. The Morgan fingerprint density at radius 1 is 0.735 bits per heavy atom. The number of aromatic hydroxyl groups is 1. The van der Waals surface area contributed by atoms with E-state index in [1.807, 2.05) is 16.9 Å². The predicted octanol–water partition coefficient (Wildman–Crippen LogP) is 6.68. The summed E-state index contributed by atoms with van der Waals surface area (Å²) in [5, 5.41) is 9.23. The van der Waals surface area contributed by atoms with E-state index in [0.29, 0.717) is 6.42 Å². The number of allylic oxidation sites excluding steroid dienone is 12. The third-order valence-electron chi connectivity index (χ3n) is 4.53. The number of benzene rings is 1. The lowest BCUT2D eigenvalue weighted by molar-refractivity contribution is -0.119. The number of carbonyl (C=O) groups is 1. The molecule has 184 valence electrons. The number of phenols is 1. The predicted molar refractivity (Wildman–Crippen MR) is 141 cm³/mol. The molecule has 0 bridgehead atoms. The van der Waals surface area contributed by atoms with E-state index >= 15 is 0 Å². The van der Waals surface area contributed by atoms with Crippen molar-refractivity contribution < 1.29 is 18.3 Å². The number of sulfonamides is 1. The normalized spacial score (nSPS) is 13.0. The van der Waals surface area contributed by atoms with Gasteiger partial charge in [0.1, 0.15) is 5.75 Å². The van der Waals surface area contributed by atoms with Crippen molar-refractivity contribution in [3.63, 3.8) is 0 Å². The van der Waals surface area contributed by atoms with E-state index in [2.05, 4.69) is 67.7 Å². The summed E-state index contributed by atoms with van der Waals surface area (Å²) >= 11 is 0. The minimum absolute atomic E-state index is 0.0390. The molecule has 5 nitrogen and oxygen atoms in total. The highest BCUT2D eigenvalue weighted by atomic mass is 32.2. The molecule has 0 saturated heterocycles. The maximum absolute atomic E-state index is 12.1. The Labute approximate surface area is 205 Å². The summed E-state index contributed by atoms with van der Waals surface area (Å²) in [6.45, 7) is 2.14. The average Bonchev–Trinajstić information content (AvgIpc) is 2.80. The van der Waals surface area contributed by atoms with Gasteiger partial charge in [0, 0.05) is 6.42 Å². The fourth-order valence-electron chi connectivity index (χ4n) is 2.74. The molecule has 0 heterocycles. The van der Waals surface area contributed by atoms with Gasteiger partial charge in [-0.3, -0.25) is 4.79 Å². The molecule has 0 radical (unpaired) electrons. The van der Waals surface area contributed by atoms with Crippen LogP contribution < -0.4 is 4.72 Å². The van der Waals surface area contributed by atoms with Crippen molar-refractivity contribution in [1.82, 2.24) is 4.72 Å². The lowest BCUT2D eigenvalue weighted by Crippen LogP contribution is -2.30. The Morgan fingerprint density at radius 2 is 1.15 bits per heavy atom. The zero-order chi connectivity index (χ0) is 24.9. The Hall–Kier alpha value is -3.12. The lowest BCUT2D eigenvalue weighted by atomic mass is 10.2. The van der Waals surface area contributed by atoms with E-state index in [-0.39, 0.29) is 17.1 Å². The van der Waals surface area contributed by atoms with Gasteiger partial charge in [0.2, 0.25) is 5.91 Å². The van der Waals surface area contributed by atoms with Crippen LogP contribution in [0.15, 0.2) is 102 Å². The highest BCUT2D eigenvalue weighted by molar-refractivity contribution is 7.90. The first-order chi connectivity index (χ1) is 16.5. The quantitative estimate of drug-likeness (QED) is 0.257. The molecule has 0 atom stereocenters. The van der Waals surface area contributed by atoms with Crippen LogP contribution in [0.1, 0.15) is 58.3 Å². The van der Waals surface area contributed by atoms with Crippen molar-refractivity contribution in [2.45, 2.75) is 63.2 Å². The Balaban J connectivity index is 2.11. The molecule has 0 aliphatic heterocycles. The van der Waals surface area contributed by atoms with Gasteiger partial charge in [0.05, 0.1) is 4.90 Å². The van der Waals surface area contributed by atoms with Crippen molar-refractivity contribution in [3.8, 4) is 5.75 Å². The molecule has 0 fully saturated rings. The monoisotopic (exact) mass is 483 g/mol. The minimum atomic E-state index is -3.91. The summed E-state index contributed by atoms with van der Waals surface area (Å²) < 4.78 is 26.2. The summed E-state index contributed by atoms with van der Waals surface area (Å²) in [5.74, 6) is -0.601. The van der Waals surface area contributed by atoms with Crippen LogP contribution >= 0.6 is 0 Å². The maximum Gasteiger partial charge on any atom is 0.264 e. The number of hydrogen-bond donors (Lipinski definition) is 2. The Morgan fingerprint density at radius 3 is 1.59 bits per heavy atom. The van der Waals surface area contributed by atoms with Crippen LogP contribution in [0.2, 0.25) is 0 Å². The third kappa shape index (κ3) is 14.9. The van der Waals surface area contributed by atoms with Crippen LogP contribution in [0.3, 0.4) is 0 Å². The number of amides is 1. The average molecular weight is 484 g/mol. The van der Waals surface area contributed by atoms with Gasteiger partial charge < -0.3 is 5.11 Å². The summed E-state index contributed by atoms with van der Waals surface area (Å²) in [6.07, 6.45) is 31.5. The SMILES string of the molecule is CC/C=C\C/C=C\C/C=C\C/C=C\C/C=C\C/C=C\CCC(=O)NS(=O)(=O)c1ccc(O)cc1. The first kappa shape index (κ1) is 28.9. The molecule has 0 spiro atoms. The zero-order valence-corrected chi connectivity index (χ0v) is 20.8. The largest absolute Gasteiger partial charge is 0.508 e. The van der Waals surface area contributed by atoms with E-state index in [4.69, 9.17) is 0 Å². The summed E-state index contributed by atoms with van der Waals surface area (Å²) in [7, 11) is -3.91. The van der Waals surface area contributed by atoms with Gasteiger partial charge in [-0.1, -0.05) is 79.8 Å². The second-order valence-corrected chi connectivity index (χ2v) is 9.16. The van der Waals surface area contributed by atoms with E-state index < -0.39 is 15.9 Å². The number of nitrogens with one attached hydrogen (secondary N) is 1. The summed E-state index contributed by atoms with van der Waals surface area (Å²) in [5.41, 5.74) is 0. The molecule has 0 aliphatic carbocycles. The van der Waals surface area contributed by atoms with Crippen molar-refractivity contribution in [1.29, 1.82) is 0 Å². The van der Waals surface area contributed by atoms with Gasteiger partial charge in [-0.25, -0.2) is 13.1 Å². The van der Waals surface area contributed by atoms with Gasteiger partial charge in [-0.2, -0.15) is 0 Å². The molecule has 1 aromatic carbocycles. The van der Waals surface area contributed by atoms with Gasteiger partial charge in [0.15, 0.2) is 0 Å². The zero-order valence-electron chi connectivity index (χ0n) is 20.0. The van der Waals surface area contributed by atoms with Gasteiger partial charge in [-0.05, 0) is 69.2 Å². The molecule has 1 rings (SSSR count). The molecule has 0 aliphatic rings. The fraction of sp³-hybridized carbons (Fsp3) is 0.321. The molecule has 1 amide bonds. The van der Waals surface area contributed by atoms with Crippen molar-refractivity contribution >= 4 is 15.9 Å². The minimum Gasteiger partial charge on any atom is -0.508 e. The van der Waals surface area contributed by atoms with E-state index in [0.717, 1.165) is 38.5 Å². The number of phenolic OH excluding ortho intramolecular Hbond substituents is 1. The molecule has 0 aromatic heterocycles. The van der Waals surface area contributed by atoms with Crippen molar-refractivity contribution in [2.24, 2.45) is 0 Å². The van der Waals surface area contributed by atoms with Crippen LogP contribution in [0, 0.1) is 0 Å². The first-order valence-electron chi connectivity index (χ1n) is 11.7. The fourth-order valence-corrected chi connectivity index (χ4v) is 3.75. The second-order valence-electron chi connectivity index (χ2n) is 7.48. The number of rotatable bonds is 16. The van der Waals surface area contributed by atoms with Crippen molar-refractivity contribution in [3.05, 3.63) is 97.2 Å². The van der Waals surface area contributed by atoms with E-state index in [1.54, 1.807) is 0 Å². The number of carbonyl (C=O) groups excluding carboxylic acids is 1. The molecule has 6 heteroatoms. The first-order valence-corrected chi connectivity index (χ1v) is 13.2. The summed E-state index contributed by atoms with van der Waals surface area (Å²) in [6, 6.07) is 5.01. The van der Waals surface area contributed by atoms with Crippen LogP contribution in [-0.2, 0) is 14.8 Å². The number of hydrogen-bond acceptors (Lipinski definition) is 4. The van der Waals surface area contributed by atoms with E-state index in [1.165, 1.54) is 24.3 Å². The molecule has 2 N–H and O–H groups in total. The molecule has 0 saturated carbocycles. The molecule has 34 heavy (non-hydrogen) atoms. The molecule has 0 unspecified atom stereocenters. The summed E-state index contributed by atoms with van der Waals surface area (Å²) in [4.78, 5) is 11.8. The Bertz CT molecular complexity index is 982. The maximum atomic E-state index is 12.1. The topological polar surface area (TPSA) is 83.5 Å². The van der Waals surface area contributed by atoms with Gasteiger partial charge in [-0.15, -0.1) is 0 Å². The third-order valence-corrected chi connectivity index (χ3v) is 5.92. The van der Waals surface area contributed by atoms with Crippen LogP contribution in [0.25, 0.3) is 0 Å². The molecular weight excluding hydrogens is 446 g/mol. The Kier molecular flexibility index (Phi) is 15.6.